The number of piperidine rings is 1. The van der Waals surface area contributed by atoms with E-state index in [0.717, 1.165) is 36.5 Å². The van der Waals surface area contributed by atoms with Gasteiger partial charge in [0, 0.05) is 25.6 Å². The van der Waals surface area contributed by atoms with Crippen LogP contribution in [0.5, 0.6) is 0 Å². The Labute approximate surface area is 154 Å². The van der Waals surface area contributed by atoms with Crippen molar-refractivity contribution in [3.05, 3.63) is 0 Å². The largest absolute Gasteiger partial charge is 0.342 e. The molecule has 3 aliphatic carbocycles. The van der Waals surface area contributed by atoms with Crippen LogP contribution < -0.4 is 5.73 Å². The van der Waals surface area contributed by atoms with Crippen LogP contribution in [-0.4, -0.2) is 29.9 Å². The third kappa shape index (κ3) is 2.30. The van der Waals surface area contributed by atoms with Crippen molar-refractivity contribution in [3.63, 3.8) is 0 Å². The molecular weight excluding hydrogens is 308 g/mol. The SMILES string of the molecule is CC(N)[C@H]1C(C)C[C@H]2[C@@H]3CCC4N(C)C(=O)CC[C@]4(C)[C@H]3CC[C@]12C. The average Bonchev–Trinajstić information content (AvgIpc) is 2.81. The van der Waals surface area contributed by atoms with Crippen molar-refractivity contribution in [2.24, 2.45) is 46.2 Å². The maximum atomic E-state index is 12.3. The summed E-state index contributed by atoms with van der Waals surface area (Å²) in [5.41, 5.74) is 7.24. The topological polar surface area (TPSA) is 46.3 Å². The molecule has 1 heterocycles. The minimum atomic E-state index is 0.312. The van der Waals surface area contributed by atoms with E-state index in [-0.39, 0.29) is 0 Å². The zero-order chi connectivity index (χ0) is 18.1. The zero-order valence-electron chi connectivity index (χ0n) is 16.9. The molecule has 1 saturated heterocycles. The van der Waals surface area contributed by atoms with Crippen LogP contribution in [-0.2, 0) is 4.79 Å². The highest BCUT2D eigenvalue weighted by Crippen LogP contribution is 2.67. The lowest BCUT2D eigenvalue weighted by atomic mass is 9.46. The van der Waals surface area contributed by atoms with Gasteiger partial charge in [0.25, 0.3) is 0 Å². The fourth-order valence-corrected chi connectivity index (χ4v) is 8.67. The first kappa shape index (κ1) is 17.8. The number of rotatable bonds is 1. The lowest BCUT2D eigenvalue weighted by molar-refractivity contribution is -0.158. The van der Waals surface area contributed by atoms with E-state index in [9.17, 15) is 4.79 Å². The van der Waals surface area contributed by atoms with Crippen LogP contribution in [0.3, 0.4) is 0 Å². The molecule has 3 saturated carbocycles. The van der Waals surface area contributed by atoms with Gasteiger partial charge < -0.3 is 10.6 Å². The number of hydrogen-bond acceptors (Lipinski definition) is 2. The summed E-state index contributed by atoms with van der Waals surface area (Å²) in [6, 6.07) is 0.786. The molecule has 1 aliphatic heterocycles. The number of nitrogens with zero attached hydrogens (tertiary/aromatic N) is 1. The van der Waals surface area contributed by atoms with E-state index in [1.807, 2.05) is 0 Å². The predicted octanol–water partition coefficient (Wildman–Crippen LogP) is 4.06. The lowest BCUT2D eigenvalue weighted by Gasteiger charge is -2.62. The normalized spacial score (nSPS) is 53.8. The Balaban J connectivity index is 1.65. The van der Waals surface area contributed by atoms with E-state index in [0.29, 0.717) is 34.7 Å². The van der Waals surface area contributed by atoms with Gasteiger partial charge in [-0.3, -0.25) is 4.79 Å². The number of amides is 1. The first-order valence-electron chi connectivity index (χ1n) is 10.7. The van der Waals surface area contributed by atoms with E-state index >= 15 is 0 Å². The Morgan fingerprint density at radius 2 is 1.84 bits per heavy atom. The van der Waals surface area contributed by atoms with Gasteiger partial charge in [0.15, 0.2) is 0 Å². The van der Waals surface area contributed by atoms with Gasteiger partial charge in [-0.2, -0.15) is 0 Å². The number of carbonyl (C=O) groups excluding carboxylic acids is 1. The number of fused-ring (bicyclic) bond motifs is 5. The Hall–Kier alpha value is -0.570. The van der Waals surface area contributed by atoms with Crippen molar-refractivity contribution >= 4 is 5.91 Å². The molecule has 4 rings (SSSR count). The van der Waals surface area contributed by atoms with Crippen molar-refractivity contribution in [2.45, 2.75) is 84.7 Å². The highest BCUT2D eigenvalue weighted by Gasteiger charge is 2.62. The van der Waals surface area contributed by atoms with Crippen LogP contribution in [0, 0.1) is 40.4 Å². The molecule has 3 unspecified atom stereocenters. The molecule has 0 bridgehead atoms. The highest BCUT2D eigenvalue weighted by molar-refractivity contribution is 5.77. The number of likely N-dealkylation sites (tertiary alicyclic amines) is 1. The fourth-order valence-electron chi connectivity index (χ4n) is 8.67. The summed E-state index contributed by atoms with van der Waals surface area (Å²) in [5.74, 6) is 4.31. The second kappa shape index (κ2) is 5.71. The standard InChI is InChI=1S/C22H38N2O/c1-13-12-17-15-6-7-18-21(3,11-9-19(25)24(18)5)16(15)8-10-22(17,4)20(13)14(2)23/h13-18,20H,6-12,23H2,1-5H3/t13?,14?,15-,16+,17+,18?,20-,21-,22+/m1/s1. The van der Waals surface area contributed by atoms with Gasteiger partial charge in [-0.1, -0.05) is 20.8 Å². The second-order valence-corrected chi connectivity index (χ2v) is 10.6. The molecule has 4 aliphatic rings. The molecule has 0 radical (unpaired) electrons. The summed E-state index contributed by atoms with van der Waals surface area (Å²) in [4.78, 5) is 14.4. The van der Waals surface area contributed by atoms with E-state index in [1.165, 1.54) is 32.1 Å². The third-order valence-electron chi connectivity index (χ3n) is 9.56. The maximum absolute atomic E-state index is 12.3. The first-order chi connectivity index (χ1) is 11.7. The first-order valence-corrected chi connectivity index (χ1v) is 10.7. The summed E-state index contributed by atoms with van der Waals surface area (Å²) in [6.45, 7) is 9.77. The number of nitrogens with two attached hydrogens (primary N) is 1. The van der Waals surface area contributed by atoms with E-state index in [4.69, 9.17) is 5.73 Å². The number of carbonyl (C=O) groups is 1. The lowest BCUT2D eigenvalue weighted by Crippen LogP contribution is -2.61. The van der Waals surface area contributed by atoms with Crippen LogP contribution in [0.15, 0.2) is 0 Å². The molecule has 1 amide bonds. The fraction of sp³-hybridized carbons (Fsp3) is 0.955. The van der Waals surface area contributed by atoms with Gasteiger partial charge in [-0.15, -0.1) is 0 Å². The van der Waals surface area contributed by atoms with Crippen LogP contribution in [0.1, 0.15) is 72.6 Å². The van der Waals surface area contributed by atoms with Crippen molar-refractivity contribution in [1.82, 2.24) is 4.90 Å². The minimum absolute atomic E-state index is 0.312. The predicted molar refractivity (Wildman–Crippen MR) is 102 cm³/mol. The minimum Gasteiger partial charge on any atom is -0.342 e. The van der Waals surface area contributed by atoms with E-state index in [2.05, 4.69) is 39.6 Å². The smallest absolute Gasteiger partial charge is 0.222 e. The Morgan fingerprint density at radius 1 is 1.12 bits per heavy atom. The van der Waals surface area contributed by atoms with Gasteiger partial charge in [0.1, 0.15) is 0 Å². The van der Waals surface area contributed by atoms with Gasteiger partial charge >= 0.3 is 0 Å². The Kier molecular flexibility index (Phi) is 4.07. The molecule has 0 aromatic carbocycles. The summed E-state index contributed by atoms with van der Waals surface area (Å²) >= 11 is 0. The van der Waals surface area contributed by atoms with Crippen molar-refractivity contribution in [2.75, 3.05) is 7.05 Å². The highest BCUT2D eigenvalue weighted by atomic mass is 16.2. The molecule has 3 nitrogen and oxygen atoms in total. The Morgan fingerprint density at radius 3 is 2.52 bits per heavy atom. The van der Waals surface area contributed by atoms with Gasteiger partial charge in [0.2, 0.25) is 5.91 Å². The average molecular weight is 347 g/mol. The molecule has 4 fully saturated rings. The molecule has 3 heteroatoms. The van der Waals surface area contributed by atoms with Gasteiger partial charge in [-0.05, 0) is 85.9 Å². The van der Waals surface area contributed by atoms with Gasteiger partial charge in [-0.25, -0.2) is 0 Å². The monoisotopic (exact) mass is 346 g/mol. The van der Waals surface area contributed by atoms with Crippen molar-refractivity contribution in [1.29, 1.82) is 0 Å². The maximum Gasteiger partial charge on any atom is 0.222 e. The summed E-state index contributed by atoms with van der Waals surface area (Å²) in [7, 11) is 2.06. The van der Waals surface area contributed by atoms with Crippen LogP contribution >= 0.6 is 0 Å². The molecule has 0 spiro atoms. The number of hydrogen-bond donors (Lipinski definition) is 1. The summed E-state index contributed by atoms with van der Waals surface area (Å²) < 4.78 is 0. The van der Waals surface area contributed by atoms with E-state index < -0.39 is 0 Å². The molecule has 142 valence electrons. The molecule has 25 heavy (non-hydrogen) atoms. The van der Waals surface area contributed by atoms with Gasteiger partial charge in [0.05, 0.1) is 0 Å². The molecule has 0 aromatic heterocycles. The van der Waals surface area contributed by atoms with Crippen molar-refractivity contribution < 1.29 is 4.79 Å². The van der Waals surface area contributed by atoms with E-state index in [1.54, 1.807) is 0 Å². The quantitative estimate of drug-likeness (QED) is 0.778. The molecule has 2 N–H and O–H groups in total. The zero-order valence-corrected chi connectivity index (χ0v) is 16.9. The summed E-state index contributed by atoms with van der Waals surface area (Å²) in [5, 5.41) is 0. The molecule has 9 atom stereocenters. The van der Waals surface area contributed by atoms with Crippen LogP contribution in [0.2, 0.25) is 0 Å². The van der Waals surface area contributed by atoms with Crippen LogP contribution in [0.4, 0.5) is 0 Å². The Bertz CT molecular complexity index is 560. The van der Waals surface area contributed by atoms with Crippen LogP contribution in [0.25, 0.3) is 0 Å². The third-order valence-corrected chi connectivity index (χ3v) is 9.56. The molecular formula is C22H38N2O. The summed E-state index contributed by atoms with van der Waals surface area (Å²) in [6.07, 6.45) is 8.47. The molecule has 0 aromatic rings. The second-order valence-electron chi connectivity index (χ2n) is 10.6. The van der Waals surface area contributed by atoms with Crippen molar-refractivity contribution in [3.8, 4) is 0 Å².